The van der Waals surface area contributed by atoms with E-state index in [1.807, 2.05) is 13.0 Å². The van der Waals surface area contributed by atoms with Crippen LogP contribution in [0.4, 0.5) is 0 Å². The van der Waals surface area contributed by atoms with Crippen molar-refractivity contribution in [3.8, 4) is 0 Å². The lowest BCUT2D eigenvalue weighted by Crippen LogP contribution is -2.54. The van der Waals surface area contributed by atoms with E-state index in [2.05, 4.69) is 9.97 Å². The molecule has 0 spiro atoms. The highest BCUT2D eigenvalue weighted by Gasteiger charge is 2.48. The van der Waals surface area contributed by atoms with Crippen LogP contribution >= 0.6 is 11.6 Å². The minimum Gasteiger partial charge on any atom is -0.456 e. The molecule has 3 rings (SSSR count). The van der Waals surface area contributed by atoms with Gasteiger partial charge in [-0.15, -0.1) is 0 Å². The van der Waals surface area contributed by atoms with Gasteiger partial charge in [0.1, 0.15) is 5.82 Å². The molecule has 1 aromatic heterocycles. The molecule has 1 aliphatic heterocycles. The van der Waals surface area contributed by atoms with Crippen LogP contribution < -0.4 is 0 Å². The summed E-state index contributed by atoms with van der Waals surface area (Å²) < 4.78 is 21.8. The van der Waals surface area contributed by atoms with Gasteiger partial charge in [-0.3, -0.25) is 14.4 Å². The monoisotopic (exact) mass is 424 g/mol. The maximum Gasteiger partial charge on any atom is 0.303 e. The number of carbonyl (C=O) groups is 3. The van der Waals surface area contributed by atoms with Crippen LogP contribution in [0.2, 0.25) is 5.02 Å². The minimum atomic E-state index is -1.08. The Hall–Kier alpha value is -2.65. The molecule has 1 aromatic carbocycles. The Kier molecular flexibility index (Phi) is 6.09. The van der Waals surface area contributed by atoms with Crippen molar-refractivity contribution in [1.82, 2.24) is 9.97 Å². The zero-order valence-corrected chi connectivity index (χ0v) is 17.1. The van der Waals surface area contributed by atoms with Gasteiger partial charge in [-0.1, -0.05) is 11.6 Å². The van der Waals surface area contributed by atoms with Crippen molar-refractivity contribution in [2.24, 2.45) is 0 Å². The average Bonchev–Trinajstić information content (AvgIpc) is 2.99. The van der Waals surface area contributed by atoms with Gasteiger partial charge in [0.2, 0.25) is 0 Å². The Balaban J connectivity index is 2.01. The topological polar surface area (TPSA) is 117 Å². The number of esters is 3. The number of nitrogens with one attached hydrogen (secondary N) is 1. The Morgan fingerprint density at radius 2 is 1.69 bits per heavy atom. The Morgan fingerprint density at radius 3 is 2.31 bits per heavy atom. The molecule has 1 fully saturated rings. The quantitative estimate of drug-likeness (QED) is 0.587. The summed E-state index contributed by atoms with van der Waals surface area (Å²) in [7, 11) is 0. The van der Waals surface area contributed by atoms with Crippen molar-refractivity contribution in [3.05, 3.63) is 28.5 Å². The maximum absolute atomic E-state index is 11.7. The van der Waals surface area contributed by atoms with E-state index in [0.717, 1.165) is 5.56 Å². The molecule has 0 radical (unpaired) electrons. The number of H-pyrrole nitrogens is 1. The summed E-state index contributed by atoms with van der Waals surface area (Å²) in [6.07, 6.45) is -3.94. The Labute approximate surface area is 171 Å². The van der Waals surface area contributed by atoms with Crippen molar-refractivity contribution in [2.45, 2.75) is 52.1 Å². The Bertz CT molecular complexity index is 918. The lowest BCUT2D eigenvalue weighted by molar-refractivity contribution is -0.228. The van der Waals surface area contributed by atoms with Gasteiger partial charge in [-0.05, 0) is 24.6 Å². The lowest BCUT2D eigenvalue weighted by atomic mass is 9.98. The minimum absolute atomic E-state index is 0.0726. The van der Waals surface area contributed by atoms with Crippen LogP contribution in [0.3, 0.4) is 0 Å². The number of imidazole rings is 1. The second-order valence-corrected chi connectivity index (χ2v) is 7.20. The first-order chi connectivity index (χ1) is 13.7. The summed E-state index contributed by atoms with van der Waals surface area (Å²) in [4.78, 5) is 42.5. The van der Waals surface area contributed by atoms with Crippen LogP contribution in [0.5, 0.6) is 0 Å². The molecule has 0 unspecified atom stereocenters. The van der Waals surface area contributed by atoms with Crippen LogP contribution in [0.25, 0.3) is 11.0 Å². The van der Waals surface area contributed by atoms with Crippen molar-refractivity contribution in [3.63, 3.8) is 0 Å². The van der Waals surface area contributed by atoms with Gasteiger partial charge >= 0.3 is 17.9 Å². The number of aryl methyl sites for hydroxylation is 1. The summed E-state index contributed by atoms with van der Waals surface area (Å²) in [5, 5.41) is 0.571. The highest BCUT2D eigenvalue weighted by Crippen LogP contribution is 2.34. The summed E-state index contributed by atoms with van der Waals surface area (Å²) >= 11 is 6.17. The molecule has 0 bridgehead atoms. The third-order valence-corrected chi connectivity index (χ3v) is 4.81. The Morgan fingerprint density at radius 1 is 1.07 bits per heavy atom. The fourth-order valence-corrected chi connectivity index (χ4v) is 3.43. The van der Waals surface area contributed by atoms with Gasteiger partial charge in [0, 0.05) is 25.8 Å². The van der Waals surface area contributed by atoms with Crippen LogP contribution in [-0.4, -0.2) is 52.8 Å². The molecule has 156 valence electrons. The van der Waals surface area contributed by atoms with Crippen molar-refractivity contribution < 1.29 is 33.3 Å². The number of aromatic nitrogens is 2. The molecule has 9 nitrogen and oxygen atoms in total. The number of halogens is 1. The second-order valence-electron chi connectivity index (χ2n) is 6.79. The first kappa shape index (κ1) is 21.1. The summed E-state index contributed by atoms with van der Waals surface area (Å²) in [6, 6.07) is 3.55. The highest BCUT2D eigenvalue weighted by molar-refractivity contribution is 6.32. The summed E-state index contributed by atoms with van der Waals surface area (Å²) in [5.41, 5.74) is 2.18. The van der Waals surface area contributed by atoms with Crippen LogP contribution in [0, 0.1) is 6.92 Å². The fourth-order valence-electron chi connectivity index (χ4n) is 3.27. The predicted octanol–water partition coefficient (Wildman–Crippen LogP) is 2.39. The number of fused-ring (bicyclic) bond motifs is 1. The molecule has 1 aliphatic rings. The number of hydrogen-bond donors (Lipinski definition) is 1. The van der Waals surface area contributed by atoms with E-state index in [9.17, 15) is 14.4 Å². The number of rotatable bonds is 4. The van der Waals surface area contributed by atoms with E-state index in [4.69, 9.17) is 30.5 Å². The number of nitrogens with zero attached hydrogens (tertiary/aromatic N) is 1. The molecule has 0 amide bonds. The normalized spacial score (nSPS) is 24.2. The first-order valence-electron chi connectivity index (χ1n) is 8.94. The number of ether oxygens (including phenoxy) is 4. The van der Waals surface area contributed by atoms with Crippen LogP contribution in [-0.2, 0) is 33.3 Å². The van der Waals surface area contributed by atoms with Gasteiger partial charge in [-0.25, -0.2) is 4.98 Å². The van der Waals surface area contributed by atoms with Crippen molar-refractivity contribution in [2.75, 3.05) is 6.61 Å². The van der Waals surface area contributed by atoms with E-state index in [1.165, 1.54) is 20.8 Å². The van der Waals surface area contributed by atoms with Gasteiger partial charge in [0.15, 0.2) is 24.4 Å². The fraction of sp³-hybridized carbons (Fsp3) is 0.474. The molecule has 10 heteroatoms. The molecule has 2 aromatic rings. The van der Waals surface area contributed by atoms with Gasteiger partial charge in [-0.2, -0.15) is 0 Å². The second kappa shape index (κ2) is 8.38. The number of aromatic amines is 1. The average molecular weight is 425 g/mol. The zero-order valence-electron chi connectivity index (χ0n) is 16.4. The number of hydrogen-bond acceptors (Lipinski definition) is 8. The van der Waals surface area contributed by atoms with Gasteiger partial charge in [0.25, 0.3) is 0 Å². The van der Waals surface area contributed by atoms with Crippen LogP contribution in [0.1, 0.15) is 38.3 Å². The molecule has 2 heterocycles. The zero-order chi connectivity index (χ0) is 21.3. The summed E-state index contributed by atoms with van der Waals surface area (Å²) in [5.74, 6) is -1.44. The van der Waals surface area contributed by atoms with E-state index in [1.54, 1.807) is 6.07 Å². The van der Waals surface area contributed by atoms with E-state index in [-0.39, 0.29) is 6.61 Å². The van der Waals surface area contributed by atoms with Gasteiger partial charge in [0.05, 0.1) is 17.6 Å². The third kappa shape index (κ3) is 4.68. The predicted molar refractivity (Wildman–Crippen MR) is 101 cm³/mol. The smallest absolute Gasteiger partial charge is 0.303 e. The standard InChI is InChI=1S/C19H21ClN2O7/c1-8-5-13-14(6-12(8)20)22-19(21-13)18-17(29-11(4)25)16(28-10(3)24)15(7-26-18)27-9(2)23/h5-6,15-18H,7H2,1-4H3,(H,21,22)/t15-,16-,17-,18-/m1/s1. The number of benzene rings is 1. The first-order valence-corrected chi connectivity index (χ1v) is 9.32. The van der Waals surface area contributed by atoms with E-state index >= 15 is 0 Å². The molecule has 1 saturated heterocycles. The van der Waals surface area contributed by atoms with Crippen LogP contribution in [0.15, 0.2) is 12.1 Å². The molecule has 0 saturated carbocycles. The SMILES string of the molecule is CC(=O)O[C@@H]1[C@H](OC(C)=O)[C@H](OC(C)=O)CO[C@H]1c1nc2cc(C)c(Cl)cc2[nH]1. The van der Waals surface area contributed by atoms with E-state index in [0.29, 0.717) is 21.9 Å². The largest absolute Gasteiger partial charge is 0.456 e. The molecule has 29 heavy (non-hydrogen) atoms. The third-order valence-electron chi connectivity index (χ3n) is 4.40. The number of carbonyl (C=O) groups excluding carboxylic acids is 3. The molecule has 0 aliphatic carbocycles. The van der Waals surface area contributed by atoms with Crippen molar-refractivity contribution >= 4 is 40.5 Å². The molecular formula is C19H21ClN2O7. The lowest BCUT2D eigenvalue weighted by Gasteiger charge is -2.39. The summed E-state index contributed by atoms with van der Waals surface area (Å²) in [6.45, 7) is 5.44. The van der Waals surface area contributed by atoms with E-state index < -0.39 is 42.3 Å². The maximum atomic E-state index is 11.7. The molecule has 1 N–H and O–H groups in total. The highest BCUT2D eigenvalue weighted by atomic mass is 35.5. The van der Waals surface area contributed by atoms with Gasteiger partial charge < -0.3 is 23.9 Å². The molecular weight excluding hydrogens is 404 g/mol. The molecule has 4 atom stereocenters. The van der Waals surface area contributed by atoms with Crippen molar-refractivity contribution in [1.29, 1.82) is 0 Å².